The van der Waals surface area contributed by atoms with E-state index < -0.39 is 0 Å². The van der Waals surface area contributed by atoms with Gasteiger partial charge in [-0.3, -0.25) is 0 Å². The lowest BCUT2D eigenvalue weighted by atomic mass is 10.1. The summed E-state index contributed by atoms with van der Waals surface area (Å²) in [5, 5.41) is 2.43. The van der Waals surface area contributed by atoms with Gasteiger partial charge in [-0.1, -0.05) is 54.6 Å². The van der Waals surface area contributed by atoms with Gasteiger partial charge in [0.2, 0.25) is 0 Å². The second kappa shape index (κ2) is 6.02. The Labute approximate surface area is 123 Å². The zero-order chi connectivity index (χ0) is 13.8. The van der Waals surface area contributed by atoms with Crippen molar-refractivity contribution in [1.29, 1.82) is 0 Å². The fourth-order valence-corrected chi connectivity index (χ4v) is 2.88. The van der Waals surface area contributed by atoms with E-state index in [4.69, 9.17) is 4.74 Å². The predicted molar refractivity (Wildman–Crippen MR) is 86.5 cm³/mol. The first kappa shape index (κ1) is 13.1. The molecule has 0 spiro atoms. The first-order valence-electron chi connectivity index (χ1n) is 6.61. The van der Waals surface area contributed by atoms with Crippen LogP contribution in [0.5, 0.6) is 5.75 Å². The topological polar surface area (TPSA) is 9.23 Å². The quantitative estimate of drug-likeness (QED) is 0.612. The molecule has 0 aromatic heterocycles. The molecule has 20 heavy (non-hydrogen) atoms. The molecule has 0 heterocycles. The van der Waals surface area contributed by atoms with E-state index in [1.165, 1.54) is 21.2 Å². The van der Waals surface area contributed by atoms with Crippen LogP contribution in [0.15, 0.2) is 71.6 Å². The van der Waals surface area contributed by atoms with Crippen molar-refractivity contribution in [3.63, 3.8) is 0 Å². The molecule has 0 N–H and O–H groups in total. The number of fused-ring (bicyclic) bond motifs is 1. The summed E-state index contributed by atoms with van der Waals surface area (Å²) in [6.45, 7) is 0.601. The average molecular weight is 280 g/mol. The monoisotopic (exact) mass is 280 g/mol. The van der Waals surface area contributed by atoms with Gasteiger partial charge in [0.1, 0.15) is 12.4 Å². The van der Waals surface area contributed by atoms with Crippen molar-refractivity contribution in [3.05, 3.63) is 72.3 Å². The average Bonchev–Trinajstić information content (AvgIpc) is 2.53. The molecular formula is C18H16OS. The van der Waals surface area contributed by atoms with Crippen molar-refractivity contribution in [2.24, 2.45) is 0 Å². The number of rotatable bonds is 4. The molecule has 2 heteroatoms. The molecule has 0 saturated heterocycles. The summed E-state index contributed by atoms with van der Waals surface area (Å²) in [5.41, 5.74) is 1.19. The first-order valence-corrected chi connectivity index (χ1v) is 7.83. The summed E-state index contributed by atoms with van der Waals surface area (Å²) in [4.78, 5) is 1.28. The van der Waals surface area contributed by atoms with Gasteiger partial charge in [0, 0.05) is 10.3 Å². The molecule has 0 fully saturated rings. The number of hydrogen-bond donors (Lipinski definition) is 0. The molecule has 3 aromatic carbocycles. The minimum Gasteiger partial charge on any atom is -0.488 e. The molecule has 0 radical (unpaired) electrons. The molecule has 0 aliphatic rings. The summed E-state index contributed by atoms with van der Waals surface area (Å²) in [5.74, 6) is 0.947. The molecular weight excluding hydrogens is 264 g/mol. The van der Waals surface area contributed by atoms with Crippen molar-refractivity contribution in [2.75, 3.05) is 6.26 Å². The Hall–Kier alpha value is -1.93. The SMILES string of the molecule is CSc1ccc(OCc2ccccc2)c2ccccc12. The van der Waals surface area contributed by atoms with Gasteiger partial charge in [0.25, 0.3) is 0 Å². The van der Waals surface area contributed by atoms with Gasteiger partial charge in [0.15, 0.2) is 0 Å². The van der Waals surface area contributed by atoms with E-state index in [2.05, 4.69) is 54.8 Å². The molecule has 0 amide bonds. The summed E-state index contributed by atoms with van der Waals surface area (Å²) < 4.78 is 6.00. The Bertz CT molecular complexity index is 707. The van der Waals surface area contributed by atoms with Crippen LogP contribution in [-0.2, 0) is 6.61 Å². The number of ether oxygens (including phenoxy) is 1. The maximum absolute atomic E-state index is 6.00. The highest BCUT2D eigenvalue weighted by Crippen LogP contribution is 2.33. The number of thioether (sulfide) groups is 1. The highest BCUT2D eigenvalue weighted by atomic mass is 32.2. The molecule has 0 unspecified atom stereocenters. The van der Waals surface area contributed by atoms with Crippen LogP contribution in [-0.4, -0.2) is 6.26 Å². The van der Waals surface area contributed by atoms with Crippen LogP contribution in [0.3, 0.4) is 0 Å². The smallest absolute Gasteiger partial charge is 0.127 e. The zero-order valence-corrected chi connectivity index (χ0v) is 12.2. The van der Waals surface area contributed by atoms with Crippen LogP contribution in [0, 0.1) is 0 Å². The van der Waals surface area contributed by atoms with Gasteiger partial charge in [-0.25, -0.2) is 0 Å². The molecule has 0 saturated carbocycles. The van der Waals surface area contributed by atoms with Crippen molar-refractivity contribution in [1.82, 2.24) is 0 Å². The normalized spacial score (nSPS) is 10.7. The Balaban J connectivity index is 1.92. The van der Waals surface area contributed by atoms with Gasteiger partial charge < -0.3 is 4.74 Å². The second-order valence-corrected chi connectivity index (χ2v) is 5.43. The maximum atomic E-state index is 6.00. The maximum Gasteiger partial charge on any atom is 0.127 e. The zero-order valence-electron chi connectivity index (χ0n) is 11.4. The number of hydrogen-bond acceptors (Lipinski definition) is 2. The molecule has 100 valence electrons. The summed E-state index contributed by atoms with van der Waals surface area (Å²) in [7, 11) is 0. The van der Waals surface area contributed by atoms with Crippen molar-refractivity contribution < 1.29 is 4.74 Å². The summed E-state index contributed by atoms with van der Waals surface area (Å²) in [6, 6.07) is 22.9. The van der Waals surface area contributed by atoms with Crippen LogP contribution >= 0.6 is 11.8 Å². The predicted octanol–water partition coefficient (Wildman–Crippen LogP) is 5.14. The van der Waals surface area contributed by atoms with Gasteiger partial charge in [-0.15, -0.1) is 11.8 Å². The van der Waals surface area contributed by atoms with Crippen LogP contribution in [0.1, 0.15) is 5.56 Å². The standard InChI is InChI=1S/C18H16OS/c1-20-18-12-11-17(15-9-5-6-10-16(15)18)19-13-14-7-3-2-4-8-14/h2-12H,13H2,1H3. The van der Waals surface area contributed by atoms with Crippen LogP contribution in [0.2, 0.25) is 0 Å². The van der Waals surface area contributed by atoms with Crippen molar-refractivity contribution in [2.45, 2.75) is 11.5 Å². The molecule has 0 bridgehead atoms. The van der Waals surface area contributed by atoms with E-state index in [0.717, 1.165) is 5.75 Å². The van der Waals surface area contributed by atoms with Gasteiger partial charge in [0.05, 0.1) is 0 Å². The molecule has 3 aromatic rings. The van der Waals surface area contributed by atoms with E-state index in [1.54, 1.807) is 11.8 Å². The van der Waals surface area contributed by atoms with E-state index in [0.29, 0.717) is 6.61 Å². The van der Waals surface area contributed by atoms with E-state index in [9.17, 15) is 0 Å². The Kier molecular flexibility index (Phi) is 3.93. The largest absolute Gasteiger partial charge is 0.488 e. The Morgan fingerprint density at radius 2 is 1.50 bits per heavy atom. The molecule has 1 nitrogen and oxygen atoms in total. The summed E-state index contributed by atoms with van der Waals surface area (Å²) >= 11 is 1.77. The van der Waals surface area contributed by atoms with Gasteiger partial charge in [-0.2, -0.15) is 0 Å². The van der Waals surface area contributed by atoms with Crippen LogP contribution in [0.25, 0.3) is 10.8 Å². The molecule has 3 rings (SSSR count). The fourth-order valence-electron chi connectivity index (χ4n) is 2.28. The Morgan fingerprint density at radius 3 is 2.25 bits per heavy atom. The lowest BCUT2D eigenvalue weighted by Gasteiger charge is -2.11. The van der Waals surface area contributed by atoms with Crippen LogP contribution < -0.4 is 4.74 Å². The third-order valence-corrected chi connectivity index (χ3v) is 4.10. The van der Waals surface area contributed by atoms with E-state index in [-0.39, 0.29) is 0 Å². The van der Waals surface area contributed by atoms with E-state index >= 15 is 0 Å². The lowest BCUT2D eigenvalue weighted by Crippen LogP contribution is -1.96. The molecule has 0 atom stereocenters. The Morgan fingerprint density at radius 1 is 0.800 bits per heavy atom. The number of benzene rings is 3. The van der Waals surface area contributed by atoms with Crippen molar-refractivity contribution in [3.8, 4) is 5.75 Å². The second-order valence-electron chi connectivity index (χ2n) is 4.59. The van der Waals surface area contributed by atoms with E-state index in [1.807, 2.05) is 18.2 Å². The van der Waals surface area contributed by atoms with Crippen LogP contribution in [0.4, 0.5) is 0 Å². The molecule has 0 aliphatic heterocycles. The summed E-state index contributed by atoms with van der Waals surface area (Å²) in [6.07, 6.45) is 2.10. The first-order chi connectivity index (χ1) is 9.88. The third-order valence-electron chi connectivity index (χ3n) is 3.30. The third kappa shape index (κ3) is 2.66. The van der Waals surface area contributed by atoms with Crippen molar-refractivity contribution >= 4 is 22.5 Å². The highest BCUT2D eigenvalue weighted by Gasteiger charge is 2.06. The molecule has 0 aliphatic carbocycles. The van der Waals surface area contributed by atoms with Gasteiger partial charge >= 0.3 is 0 Å². The minimum absolute atomic E-state index is 0.601. The fraction of sp³-hybridized carbons (Fsp3) is 0.111. The van der Waals surface area contributed by atoms with Gasteiger partial charge in [-0.05, 0) is 29.3 Å². The minimum atomic E-state index is 0.601. The lowest BCUT2D eigenvalue weighted by molar-refractivity contribution is 0.310. The highest BCUT2D eigenvalue weighted by molar-refractivity contribution is 7.98.